The molecular formula is C21H22FN3OS. The highest BCUT2D eigenvalue weighted by Gasteiger charge is 2.24. The Morgan fingerprint density at radius 2 is 2.11 bits per heavy atom. The number of halogens is 1. The number of hydrogen-bond donors (Lipinski definition) is 1. The average molecular weight is 383 g/mol. The molecule has 4 nitrogen and oxygen atoms in total. The maximum Gasteiger partial charge on any atom is 0.261 e. The lowest BCUT2D eigenvalue weighted by atomic mass is 10.0. The molecule has 1 N–H and O–H groups in total. The van der Waals surface area contributed by atoms with Gasteiger partial charge in [0.2, 0.25) is 0 Å². The Labute approximate surface area is 162 Å². The summed E-state index contributed by atoms with van der Waals surface area (Å²) in [5.74, 6) is -0.345. The molecule has 3 aromatic rings. The maximum atomic E-state index is 14.1. The van der Waals surface area contributed by atoms with E-state index in [1.807, 2.05) is 25.3 Å². The third-order valence-electron chi connectivity index (χ3n) is 5.16. The summed E-state index contributed by atoms with van der Waals surface area (Å²) in [5, 5.41) is 3.72. The largest absolute Gasteiger partial charge is 0.349 e. The molecule has 140 valence electrons. The van der Waals surface area contributed by atoms with Crippen LogP contribution in [0.2, 0.25) is 0 Å². The molecule has 6 heteroatoms. The number of thiophene rings is 1. The van der Waals surface area contributed by atoms with Crippen molar-refractivity contribution < 1.29 is 9.18 Å². The fourth-order valence-electron chi connectivity index (χ4n) is 3.71. The Bertz CT molecular complexity index is 949. The van der Waals surface area contributed by atoms with Gasteiger partial charge in [-0.05, 0) is 49.1 Å². The van der Waals surface area contributed by atoms with Gasteiger partial charge in [-0.15, -0.1) is 11.3 Å². The van der Waals surface area contributed by atoms with Gasteiger partial charge in [0, 0.05) is 48.2 Å². The number of likely N-dealkylation sites (tertiary alicyclic amines) is 1. The molecule has 1 amide bonds. The molecule has 27 heavy (non-hydrogen) atoms. The number of carbonyl (C=O) groups excluding carboxylic acids is 1. The van der Waals surface area contributed by atoms with E-state index in [0.29, 0.717) is 10.3 Å². The standard InChI is InChI=1S/C21H22FN3OS/c1-14-19-17(22)5-2-6-18(19)27-20(14)21(26)24-16-7-10-25(11-8-16)13-15-4-3-9-23-12-15/h2-6,9,12,16H,7-8,10-11,13H2,1H3,(H,24,26). The molecule has 1 fully saturated rings. The molecule has 0 saturated carbocycles. The number of nitrogens with one attached hydrogen (secondary N) is 1. The summed E-state index contributed by atoms with van der Waals surface area (Å²) in [7, 11) is 0. The van der Waals surface area contributed by atoms with Crippen molar-refractivity contribution >= 4 is 27.3 Å². The van der Waals surface area contributed by atoms with Gasteiger partial charge in [0.15, 0.2) is 0 Å². The van der Waals surface area contributed by atoms with Gasteiger partial charge in [0.05, 0.1) is 4.88 Å². The van der Waals surface area contributed by atoms with E-state index in [4.69, 9.17) is 0 Å². The second-order valence-electron chi connectivity index (χ2n) is 7.05. The molecule has 4 rings (SSSR count). The normalized spacial score (nSPS) is 15.9. The number of benzene rings is 1. The van der Waals surface area contributed by atoms with Crippen LogP contribution in [0.15, 0.2) is 42.7 Å². The van der Waals surface area contributed by atoms with Crippen LogP contribution in [-0.4, -0.2) is 34.9 Å². The van der Waals surface area contributed by atoms with Crippen molar-refractivity contribution in [3.05, 3.63) is 64.5 Å². The predicted molar refractivity (Wildman–Crippen MR) is 107 cm³/mol. The van der Waals surface area contributed by atoms with Crippen LogP contribution >= 0.6 is 11.3 Å². The summed E-state index contributed by atoms with van der Waals surface area (Å²) in [6.07, 6.45) is 5.53. The van der Waals surface area contributed by atoms with E-state index in [2.05, 4.69) is 21.3 Å². The molecule has 0 bridgehead atoms. The molecule has 1 aliphatic heterocycles. The zero-order chi connectivity index (χ0) is 18.8. The third kappa shape index (κ3) is 3.87. The van der Waals surface area contributed by atoms with E-state index >= 15 is 0 Å². The lowest BCUT2D eigenvalue weighted by molar-refractivity contribution is 0.0912. The Morgan fingerprint density at radius 1 is 1.30 bits per heavy atom. The summed E-state index contributed by atoms with van der Waals surface area (Å²) in [5.41, 5.74) is 1.95. The van der Waals surface area contributed by atoms with Crippen LogP contribution < -0.4 is 5.32 Å². The number of aryl methyl sites for hydroxylation is 1. The molecule has 0 aliphatic carbocycles. The Hall–Kier alpha value is -2.31. The third-order valence-corrected chi connectivity index (χ3v) is 6.42. The number of hydrogen-bond acceptors (Lipinski definition) is 4. The van der Waals surface area contributed by atoms with Gasteiger partial charge in [-0.1, -0.05) is 12.1 Å². The van der Waals surface area contributed by atoms with Crippen molar-refractivity contribution in [1.82, 2.24) is 15.2 Å². The highest BCUT2D eigenvalue weighted by Crippen LogP contribution is 2.32. The number of nitrogens with zero attached hydrogens (tertiary/aromatic N) is 2. The lowest BCUT2D eigenvalue weighted by Gasteiger charge is -2.32. The summed E-state index contributed by atoms with van der Waals surface area (Å²) in [4.78, 5) is 19.9. The Morgan fingerprint density at radius 3 is 2.81 bits per heavy atom. The van der Waals surface area contributed by atoms with Crippen LogP contribution in [-0.2, 0) is 6.54 Å². The SMILES string of the molecule is Cc1c(C(=O)NC2CCN(Cc3cccnc3)CC2)sc2cccc(F)c12. The van der Waals surface area contributed by atoms with Crippen molar-refractivity contribution in [3.8, 4) is 0 Å². The first-order valence-electron chi connectivity index (χ1n) is 9.21. The van der Waals surface area contributed by atoms with E-state index in [1.165, 1.54) is 23.0 Å². The van der Waals surface area contributed by atoms with Gasteiger partial charge < -0.3 is 5.32 Å². The minimum atomic E-state index is -0.260. The van der Waals surface area contributed by atoms with Crippen LogP contribution in [0.3, 0.4) is 0 Å². The smallest absolute Gasteiger partial charge is 0.261 e. The van der Waals surface area contributed by atoms with Gasteiger partial charge in [0.25, 0.3) is 5.91 Å². The van der Waals surface area contributed by atoms with E-state index in [-0.39, 0.29) is 17.8 Å². The quantitative estimate of drug-likeness (QED) is 0.737. The maximum absolute atomic E-state index is 14.1. The van der Waals surface area contributed by atoms with Gasteiger partial charge in [-0.25, -0.2) is 4.39 Å². The minimum absolute atomic E-state index is 0.0844. The van der Waals surface area contributed by atoms with Crippen LogP contribution in [0.4, 0.5) is 4.39 Å². The average Bonchev–Trinajstić information content (AvgIpc) is 3.02. The van der Waals surface area contributed by atoms with Gasteiger partial charge in [0.1, 0.15) is 5.82 Å². The first-order valence-corrected chi connectivity index (χ1v) is 10.0. The van der Waals surface area contributed by atoms with Gasteiger partial charge >= 0.3 is 0 Å². The topological polar surface area (TPSA) is 45.2 Å². The van der Waals surface area contributed by atoms with Crippen LogP contribution in [0, 0.1) is 12.7 Å². The number of rotatable bonds is 4. The highest BCUT2D eigenvalue weighted by molar-refractivity contribution is 7.21. The summed E-state index contributed by atoms with van der Waals surface area (Å²) in [6, 6.07) is 9.21. The van der Waals surface area contributed by atoms with Crippen LogP contribution in [0.5, 0.6) is 0 Å². The number of piperidine rings is 1. The molecule has 0 unspecified atom stereocenters. The van der Waals surface area contributed by atoms with Gasteiger partial charge in [-0.2, -0.15) is 0 Å². The number of fused-ring (bicyclic) bond motifs is 1. The fraction of sp³-hybridized carbons (Fsp3) is 0.333. The molecule has 0 spiro atoms. The summed E-state index contributed by atoms with van der Waals surface area (Å²) in [6.45, 7) is 4.61. The van der Waals surface area contributed by atoms with Crippen LogP contribution in [0.1, 0.15) is 33.6 Å². The Kier molecular flexibility index (Phi) is 5.18. The monoisotopic (exact) mass is 383 g/mol. The van der Waals surface area contributed by atoms with E-state index in [1.54, 1.807) is 12.3 Å². The van der Waals surface area contributed by atoms with Crippen molar-refractivity contribution in [2.75, 3.05) is 13.1 Å². The van der Waals surface area contributed by atoms with Crippen molar-refractivity contribution in [3.63, 3.8) is 0 Å². The molecule has 3 heterocycles. The minimum Gasteiger partial charge on any atom is -0.349 e. The number of aromatic nitrogens is 1. The summed E-state index contributed by atoms with van der Waals surface area (Å²) >= 11 is 1.37. The Balaban J connectivity index is 1.37. The number of amides is 1. The molecule has 2 aromatic heterocycles. The van der Waals surface area contributed by atoms with Crippen molar-refractivity contribution in [2.45, 2.75) is 32.4 Å². The zero-order valence-corrected chi connectivity index (χ0v) is 16.1. The number of pyridine rings is 1. The highest BCUT2D eigenvalue weighted by atomic mass is 32.1. The first-order chi connectivity index (χ1) is 13.1. The van der Waals surface area contributed by atoms with Crippen molar-refractivity contribution in [1.29, 1.82) is 0 Å². The van der Waals surface area contributed by atoms with Gasteiger partial charge in [-0.3, -0.25) is 14.7 Å². The molecule has 0 atom stereocenters. The molecular weight excluding hydrogens is 361 g/mol. The van der Waals surface area contributed by atoms with Crippen molar-refractivity contribution in [2.24, 2.45) is 0 Å². The second-order valence-corrected chi connectivity index (χ2v) is 8.11. The molecule has 1 aliphatic rings. The molecule has 1 aromatic carbocycles. The second kappa shape index (κ2) is 7.74. The zero-order valence-electron chi connectivity index (χ0n) is 15.2. The first kappa shape index (κ1) is 18.1. The fourth-order valence-corrected chi connectivity index (χ4v) is 4.83. The predicted octanol–water partition coefficient (Wildman–Crippen LogP) is 4.14. The molecule has 0 radical (unpaired) electrons. The van der Waals surface area contributed by atoms with E-state index < -0.39 is 0 Å². The van der Waals surface area contributed by atoms with Crippen LogP contribution in [0.25, 0.3) is 10.1 Å². The van der Waals surface area contributed by atoms with E-state index in [9.17, 15) is 9.18 Å². The number of carbonyl (C=O) groups is 1. The summed E-state index contributed by atoms with van der Waals surface area (Å²) < 4.78 is 14.9. The van der Waals surface area contributed by atoms with E-state index in [0.717, 1.165) is 42.7 Å². The lowest BCUT2D eigenvalue weighted by Crippen LogP contribution is -2.44. The molecule has 1 saturated heterocycles.